The Kier molecular flexibility index (Phi) is 7.75. The second-order valence-electron chi connectivity index (χ2n) is 7.60. The number of nitrogens with zero attached hydrogens (tertiary/aromatic N) is 2. The fraction of sp³-hybridized carbons (Fsp3) is 0.250. The number of carbonyl (C=O) groups excluding carboxylic acids is 3. The van der Waals surface area contributed by atoms with Crippen molar-refractivity contribution in [1.29, 1.82) is 0 Å². The summed E-state index contributed by atoms with van der Waals surface area (Å²) in [6.45, 7) is 3.94. The first-order chi connectivity index (χ1) is 15.4. The van der Waals surface area contributed by atoms with E-state index in [1.807, 2.05) is 74.5 Å². The van der Waals surface area contributed by atoms with Crippen LogP contribution in [0.5, 0.6) is 0 Å². The molecule has 0 atom stereocenters. The van der Waals surface area contributed by atoms with Crippen LogP contribution in [0, 0.1) is 5.92 Å². The molecule has 0 aliphatic rings. The lowest BCUT2D eigenvalue weighted by Crippen LogP contribution is -2.42. The first kappa shape index (κ1) is 22.7. The fourth-order valence-electron chi connectivity index (χ4n) is 2.94. The molecule has 8 nitrogen and oxygen atoms in total. The number of rotatable bonds is 8. The highest BCUT2D eigenvalue weighted by Crippen LogP contribution is 2.24. The summed E-state index contributed by atoms with van der Waals surface area (Å²) >= 11 is 0. The largest absolute Gasteiger partial charge is 0.452 e. The number of hydrogen-bond acceptors (Lipinski definition) is 5. The molecule has 0 spiro atoms. The number of hydrogen-bond donors (Lipinski definition) is 2. The maximum Gasteiger partial charge on any atom is 0.342 e. The number of urea groups is 1. The van der Waals surface area contributed by atoms with E-state index in [2.05, 4.69) is 15.7 Å². The van der Waals surface area contributed by atoms with Gasteiger partial charge in [-0.15, -0.1) is 0 Å². The molecule has 0 saturated carbocycles. The molecule has 2 aromatic carbocycles. The van der Waals surface area contributed by atoms with Crippen LogP contribution in [0.1, 0.15) is 30.6 Å². The van der Waals surface area contributed by atoms with Crippen LogP contribution in [0.3, 0.4) is 0 Å². The van der Waals surface area contributed by atoms with E-state index in [-0.39, 0.29) is 5.56 Å². The number of carbonyl (C=O) groups is 3. The molecule has 0 unspecified atom stereocenters. The molecule has 0 fully saturated rings. The normalized spacial score (nSPS) is 10.6. The van der Waals surface area contributed by atoms with Gasteiger partial charge in [0.2, 0.25) is 0 Å². The molecule has 1 aromatic heterocycles. The van der Waals surface area contributed by atoms with Gasteiger partial charge in [-0.2, -0.15) is 5.10 Å². The van der Waals surface area contributed by atoms with Crippen LogP contribution in [0.15, 0.2) is 66.9 Å². The summed E-state index contributed by atoms with van der Waals surface area (Å²) in [7, 11) is 0. The third kappa shape index (κ3) is 6.28. The van der Waals surface area contributed by atoms with E-state index in [0.717, 1.165) is 17.7 Å². The van der Waals surface area contributed by atoms with Crippen molar-refractivity contribution in [3.05, 3.63) is 72.4 Å². The van der Waals surface area contributed by atoms with E-state index in [0.29, 0.717) is 18.2 Å². The molecular formula is C24H26N4O4. The number of ether oxygens (including phenoxy) is 1. The van der Waals surface area contributed by atoms with Crippen LogP contribution < -0.4 is 10.6 Å². The van der Waals surface area contributed by atoms with E-state index in [1.54, 1.807) is 10.9 Å². The monoisotopic (exact) mass is 434 g/mol. The van der Waals surface area contributed by atoms with Gasteiger partial charge in [-0.25, -0.2) is 14.3 Å². The van der Waals surface area contributed by atoms with Crippen molar-refractivity contribution in [3.63, 3.8) is 0 Å². The Morgan fingerprint density at radius 1 is 1.00 bits per heavy atom. The molecule has 1 heterocycles. The van der Waals surface area contributed by atoms with Crippen molar-refractivity contribution in [1.82, 2.24) is 20.4 Å². The number of nitrogens with one attached hydrogen (secondary N) is 2. The smallest absolute Gasteiger partial charge is 0.342 e. The number of benzene rings is 2. The average molecular weight is 434 g/mol. The molecule has 3 amide bonds. The molecule has 0 aliphatic heterocycles. The molecule has 2 N–H and O–H groups in total. The first-order valence-electron chi connectivity index (χ1n) is 10.4. The average Bonchev–Trinajstić information content (AvgIpc) is 3.24. The zero-order chi connectivity index (χ0) is 22.9. The highest BCUT2D eigenvalue weighted by Gasteiger charge is 2.21. The Hall–Kier alpha value is -3.94. The van der Waals surface area contributed by atoms with Gasteiger partial charge in [-0.3, -0.25) is 10.1 Å². The van der Waals surface area contributed by atoms with Crippen molar-refractivity contribution in [2.75, 3.05) is 13.2 Å². The number of aromatic nitrogens is 2. The minimum atomic E-state index is -0.711. The van der Waals surface area contributed by atoms with Crippen molar-refractivity contribution in [2.24, 2.45) is 5.92 Å². The standard InChI is InChI=1S/C24H26N4O4/c1-17(2)13-14-25-24(31)26-21(29)16-32-23(30)20-15-28(19-11-7-4-8-12-19)27-22(20)18-9-5-3-6-10-18/h3-12,15,17H,13-14,16H2,1-2H3,(H2,25,26,29,31). The molecule has 8 heteroatoms. The molecule has 0 bridgehead atoms. The summed E-state index contributed by atoms with van der Waals surface area (Å²) in [5, 5.41) is 9.29. The summed E-state index contributed by atoms with van der Waals surface area (Å²) in [5.74, 6) is -0.985. The highest BCUT2D eigenvalue weighted by molar-refractivity contribution is 5.99. The second-order valence-corrected chi connectivity index (χ2v) is 7.60. The van der Waals surface area contributed by atoms with Gasteiger partial charge >= 0.3 is 12.0 Å². The molecule has 3 rings (SSSR count). The summed E-state index contributed by atoms with van der Waals surface area (Å²) in [6, 6.07) is 18.0. The molecule has 0 aliphatic carbocycles. The Labute approximate surface area is 186 Å². The SMILES string of the molecule is CC(C)CCNC(=O)NC(=O)COC(=O)c1cn(-c2ccccc2)nc1-c1ccccc1. The maximum atomic E-state index is 12.8. The lowest BCUT2D eigenvalue weighted by atomic mass is 10.1. The molecule has 166 valence electrons. The summed E-state index contributed by atoms with van der Waals surface area (Å²) in [4.78, 5) is 36.5. The Balaban J connectivity index is 1.68. The van der Waals surface area contributed by atoms with E-state index >= 15 is 0 Å². The van der Waals surface area contributed by atoms with E-state index in [9.17, 15) is 14.4 Å². The molecular weight excluding hydrogens is 408 g/mol. The van der Waals surface area contributed by atoms with Gasteiger partial charge in [0.1, 0.15) is 11.3 Å². The Bertz CT molecular complexity index is 1060. The third-order valence-corrected chi connectivity index (χ3v) is 4.60. The molecule has 32 heavy (non-hydrogen) atoms. The highest BCUT2D eigenvalue weighted by atomic mass is 16.5. The third-order valence-electron chi connectivity index (χ3n) is 4.60. The fourth-order valence-corrected chi connectivity index (χ4v) is 2.94. The quantitative estimate of drug-likeness (QED) is 0.528. The second kappa shape index (κ2) is 10.9. The number of imide groups is 1. The van der Waals surface area contributed by atoms with Gasteiger partial charge in [0.25, 0.3) is 5.91 Å². The van der Waals surface area contributed by atoms with Crippen molar-refractivity contribution in [3.8, 4) is 16.9 Å². The Morgan fingerprint density at radius 3 is 2.31 bits per heavy atom. The van der Waals surface area contributed by atoms with E-state index in [1.165, 1.54) is 0 Å². The lowest BCUT2D eigenvalue weighted by Gasteiger charge is -2.08. The number of para-hydroxylation sites is 1. The predicted molar refractivity (Wildman–Crippen MR) is 120 cm³/mol. The van der Waals surface area contributed by atoms with Crippen molar-refractivity contribution < 1.29 is 19.1 Å². The van der Waals surface area contributed by atoms with Gasteiger partial charge in [0.05, 0.1) is 5.69 Å². The van der Waals surface area contributed by atoms with Crippen LogP contribution >= 0.6 is 0 Å². The van der Waals surface area contributed by atoms with Crippen LogP contribution in [0.2, 0.25) is 0 Å². The van der Waals surface area contributed by atoms with Gasteiger partial charge in [-0.1, -0.05) is 62.4 Å². The maximum absolute atomic E-state index is 12.8. The first-order valence-corrected chi connectivity index (χ1v) is 10.4. The van der Waals surface area contributed by atoms with Crippen molar-refractivity contribution in [2.45, 2.75) is 20.3 Å². The van der Waals surface area contributed by atoms with Gasteiger partial charge in [0, 0.05) is 18.3 Å². The van der Waals surface area contributed by atoms with Gasteiger partial charge in [-0.05, 0) is 24.5 Å². The topological polar surface area (TPSA) is 102 Å². The van der Waals surface area contributed by atoms with E-state index < -0.39 is 24.5 Å². The predicted octanol–water partition coefficient (Wildman–Crippen LogP) is 3.57. The molecule has 0 radical (unpaired) electrons. The van der Waals surface area contributed by atoms with Crippen LogP contribution in [0.4, 0.5) is 4.79 Å². The Morgan fingerprint density at radius 2 is 1.66 bits per heavy atom. The zero-order valence-corrected chi connectivity index (χ0v) is 18.1. The summed E-state index contributed by atoms with van der Waals surface area (Å²) in [5.41, 5.74) is 2.17. The summed E-state index contributed by atoms with van der Waals surface area (Å²) < 4.78 is 6.75. The van der Waals surface area contributed by atoms with Gasteiger partial charge in [0.15, 0.2) is 6.61 Å². The minimum absolute atomic E-state index is 0.217. The lowest BCUT2D eigenvalue weighted by molar-refractivity contribution is -0.123. The number of amides is 3. The van der Waals surface area contributed by atoms with E-state index in [4.69, 9.17) is 4.74 Å². The zero-order valence-electron chi connectivity index (χ0n) is 18.1. The van der Waals surface area contributed by atoms with Crippen LogP contribution in [-0.4, -0.2) is 40.8 Å². The number of esters is 1. The van der Waals surface area contributed by atoms with Gasteiger partial charge < -0.3 is 10.1 Å². The molecule has 0 saturated heterocycles. The van der Waals surface area contributed by atoms with Crippen LogP contribution in [-0.2, 0) is 9.53 Å². The summed E-state index contributed by atoms with van der Waals surface area (Å²) in [6.07, 6.45) is 2.36. The minimum Gasteiger partial charge on any atom is -0.452 e. The van der Waals surface area contributed by atoms with Crippen LogP contribution in [0.25, 0.3) is 16.9 Å². The molecule has 3 aromatic rings. The van der Waals surface area contributed by atoms with Crippen molar-refractivity contribution >= 4 is 17.9 Å².